The number of nitrogens with one attached hydrogen (secondary N) is 1. The summed E-state index contributed by atoms with van der Waals surface area (Å²) in [5, 5.41) is 2.92. The number of hydrogen-bond donors (Lipinski definition) is 1. The molecule has 0 radical (unpaired) electrons. The summed E-state index contributed by atoms with van der Waals surface area (Å²) < 4.78 is 10.5. The molecule has 22 heavy (non-hydrogen) atoms. The molecule has 0 aromatic heterocycles. The smallest absolute Gasteiger partial charge is 0.258 e. The van der Waals surface area contributed by atoms with Crippen molar-refractivity contribution in [2.24, 2.45) is 0 Å². The maximum Gasteiger partial charge on any atom is 0.258 e. The summed E-state index contributed by atoms with van der Waals surface area (Å²) in [5.41, 5.74) is 2.27. The van der Waals surface area contributed by atoms with E-state index in [1.54, 1.807) is 31.4 Å². The molecule has 0 fully saturated rings. The average molecular weight is 299 g/mol. The molecule has 116 valence electrons. The zero-order chi connectivity index (χ0) is 15.9. The number of hydrogen-bond acceptors (Lipinski definition) is 3. The van der Waals surface area contributed by atoms with Crippen LogP contribution in [0.3, 0.4) is 0 Å². The van der Waals surface area contributed by atoms with Gasteiger partial charge >= 0.3 is 0 Å². The Morgan fingerprint density at radius 1 is 1.05 bits per heavy atom. The van der Waals surface area contributed by atoms with E-state index in [0.717, 1.165) is 11.3 Å². The summed E-state index contributed by atoms with van der Waals surface area (Å²) in [5.74, 6) is 1.24. The fourth-order valence-electron chi connectivity index (χ4n) is 2.04. The molecule has 4 nitrogen and oxygen atoms in total. The van der Waals surface area contributed by atoms with Crippen molar-refractivity contribution in [2.45, 2.75) is 19.9 Å². The lowest BCUT2D eigenvalue weighted by Crippen LogP contribution is -2.31. The first-order valence-corrected chi connectivity index (χ1v) is 7.21. The Morgan fingerprint density at radius 2 is 1.64 bits per heavy atom. The van der Waals surface area contributed by atoms with Gasteiger partial charge in [0.1, 0.15) is 11.5 Å². The maximum atomic E-state index is 11.9. The van der Waals surface area contributed by atoms with Gasteiger partial charge in [-0.15, -0.1) is 0 Å². The van der Waals surface area contributed by atoms with E-state index in [2.05, 4.69) is 5.32 Å². The fraction of sp³-hybridized carbons (Fsp3) is 0.278. The molecule has 0 bridgehead atoms. The van der Waals surface area contributed by atoms with E-state index in [9.17, 15) is 4.79 Å². The number of carbonyl (C=O) groups excluding carboxylic acids is 1. The molecular formula is C18H21NO3. The SMILES string of the molecule is COc1ccc(OCC(=O)N[C@@H](C)c2ccc(C)cc2)cc1. The Balaban J connectivity index is 1.83. The second kappa shape index (κ2) is 7.50. The highest BCUT2D eigenvalue weighted by atomic mass is 16.5. The summed E-state index contributed by atoms with van der Waals surface area (Å²) in [4.78, 5) is 11.9. The number of ether oxygens (including phenoxy) is 2. The van der Waals surface area contributed by atoms with Crippen LogP contribution >= 0.6 is 0 Å². The third-order valence-electron chi connectivity index (χ3n) is 3.38. The Morgan fingerprint density at radius 3 is 2.23 bits per heavy atom. The molecule has 0 aliphatic heterocycles. The number of benzene rings is 2. The predicted octanol–water partition coefficient (Wildman–Crippen LogP) is 3.26. The van der Waals surface area contributed by atoms with Gasteiger partial charge in [0.2, 0.25) is 0 Å². The minimum atomic E-state index is -0.149. The highest BCUT2D eigenvalue weighted by Gasteiger charge is 2.10. The van der Waals surface area contributed by atoms with Gasteiger partial charge in [-0.05, 0) is 43.7 Å². The zero-order valence-electron chi connectivity index (χ0n) is 13.1. The maximum absolute atomic E-state index is 11.9. The first-order valence-electron chi connectivity index (χ1n) is 7.21. The van der Waals surface area contributed by atoms with E-state index in [4.69, 9.17) is 9.47 Å². The van der Waals surface area contributed by atoms with Gasteiger partial charge in [-0.2, -0.15) is 0 Å². The summed E-state index contributed by atoms with van der Waals surface area (Å²) in [6.45, 7) is 3.98. The Bertz CT molecular complexity index is 605. The number of carbonyl (C=O) groups is 1. The largest absolute Gasteiger partial charge is 0.497 e. The van der Waals surface area contributed by atoms with Crippen molar-refractivity contribution in [1.29, 1.82) is 0 Å². The topological polar surface area (TPSA) is 47.6 Å². The van der Waals surface area contributed by atoms with E-state index in [0.29, 0.717) is 5.75 Å². The van der Waals surface area contributed by atoms with Crippen LogP contribution < -0.4 is 14.8 Å². The van der Waals surface area contributed by atoms with Gasteiger partial charge in [0.25, 0.3) is 5.91 Å². The van der Waals surface area contributed by atoms with Crippen molar-refractivity contribution in [3.63, 3.8) is 0 Å². The van der Waals surface area contributed by atoms with Gasteiger partial charge in [-0.3, -0.25) is 4.79 Å². The predicted molar refractivity (Wildman–Crippen MR) is 86.2 cm³/mol. The molecule has 2 aromatic rings. The molecule has 2 aromatic carbocycles. The van der Waals surface area contributed by atoms with Gasteiger partial charge in [0.05, 0.1) is 13.2 Å². The Kier molecular flexibility index (Phi) is 5.42. The second-order valence-electron chi connectivity index (χ2n) is 5.16. The molecule has 0 aliphatic rings. The van der Waals surface area contributed by atoms with E-state index >= 15 is 0 Å². The molecule has 0 unspecified atom stereocenters. The van der Waals surface area contributed by atoms with Crippen molar-refractivity contribution >= 4 is 5.91 Å². The minimum absolute atomic E-state index is 0.0114. The molecule has 0 saturated carbocycles. The van der Waals surface area contributed by atoms with Crippen molar-refractivity contribution in [1.82, 2.24) is 5.32 Å². The third-order valence-corrected chi connectivity index (χ3v) is 3.38. The molecule has 0 heterocycles. The summed E-state index contributed by atoms with van der Waals surface area (Å²) in [6.07, 6.45) is 0. The molecule has 2 rings (SSSR count). The molecule has 0 saturated heterocycles. The average Bonchev–Trinajstić information content (AvgIpc) is 2.54. The number of rotatable bonds is 6. The number of amides is 1. The van der Waals surface area contributed by atoms with Crippen LogP contribution in [0.1, 0.15) is 24.1 Å². The Hall–Kier alpha value is -2.49. The van der Waals surface area contributed by atoms with Gasteiger partial charge < -0.3 is 14.8 Å². The summed E-state index contributed by atoms with van der Waals surface area (Å²) >= 11 is 0. The van der Waals surface area contributed by atoms with E-state index in [1.807, 2.05) is 38.1 Å². The van der Waals surface area contributed by atoms with E-state index in [1.165, 1.54) is 5.56 Å². The number of methoxy groups -OCH3 is 1. The lowest BCUT2D eigenvalue weighted by molar-refractivity contribution is -0.123. The second-order valence-corrected chi connectivity index (χ2v) is 5.16. The van der Waals surface area contributed by atoms with Crippen LogP contribution in [0.5, 0.6) is 11.5 Å². The molecule has 0 spiro atoms. The standard InChI is InChI=1S/C18H21NO3/c1-13-4-6-15(7-5-13)14(2)19-18(20)12-22-17-10-8-16(21-3)9-11-17/h4-11,14H,12H2,1-3H3,(H,19,20)/t14-/m0/s1. The highest BCUT2D eigenvalue weighted by molar-refractivity contribution is 5.78. The summed E-state index contributed by atoms with van der Waals surface area (Å²) in [7, 11) is 1.61. The zero-order valence-corrected chi connectivity index (χ0v) is 13.1. The monoisotopic (exact) mass is 299 g/mol. The third kappa shape index (κ3) is 4.52. The van der Waals surface area contributed by atoms with Crippen LogP contribution in [0.4, 0.5) is 0 Å². The molecule has 0 aliphatic carbocycles. The number of aryl methyl sites for hydroxylation is 1. The van der Waals surface area contributed by atoms with Crippen molar-refractivity contribution < 1.29 is 14.3 Å². The fourth-order valence-corrected chi connectivity index (χ4v) is 2.04. The van der Waals surface area contributed by atoms with Gasteiger partial charge in [0, 0.05) is 0 Å². The normalized spacial score (nSPS) is 11.6. The van der Waals surface area contributed by atoms with Crippen LogP contribution in [0.25, 0.3) is 0 Å². The molecular weight excluding hydrogens is 278 g/mol. The molecule has 1 N–H and O–H groups in total. The summed E-state index contributed by atoms with van der Waals surface area (Å²) in [6, 6.07) is 15.2. The van der Waals surface area contributed by atoms with E-state index < -0.39 is 0 Å². The van der Waals surface area contributed by atoms with Crippen molar-refractivity contribution in [2.75, 3.05) is 13.7 Å². The quantitative estimate of drug-likeness (QED) is 0.890. The molecule has 1 amide bonds. The molecule has 4 heteroatoms. The minimum Gasteiger partial charge on any atom is -0.497 e. The first-order chi connectivity index (χ1) is 10.6. The van der Waals surface area contributed by atoms with Crippen LogP contribution in [0, 0.1) is 6.92 Å². The van der Waals surface area contributed by atoms with Crippen LogP contribution in [-0.4, -0.2) is 19.6 Å². The van der Waals surface area contributed by atoms with Crippen LogP contribution in [0.15, 0.2) is 48.5 Å². The van der Waals surface area contributed by atoms with Gasteiger partial charge in [-0.25, -0.2) is 0 Å². The lowest BCUT2D eigenvalue weighted by Gasteiger charge is -2.15. The Labute approximate surface area is 131 Å². The van der Waals surface area contributed by atoms with Crippen molar-refractivity contribution in [3.8, 4) is 11.5 Å². The van der Waals surface area contributed by atoms with Crippen LogP contribution in [0.2, 0.25) is 0 Å². The molecule has 1 atom stereocenters. The highest BCUT2D eigenvalue weighted by Crippen LogP contribution is 2.17. The van der Waals surface area contributed by atoms with Gasteiger partial charge in [0.15, 0.2) is 6.61 Å². The lowest BCUT2D eigenvalue weighted by atomic mass is 10.1. The van der Waals surface area contributed by atoms with Gasteiger partial charge in [-0.1, -0.05) is 29.8 Å². The van der Waals surface area contributed by atoms with E-state index in [-0.39, 0.29) is 18.6 Å². The van der Waals surface area contributed by atoms with Crippen LogP contribution in [-0.2, 0) is 4.79 Å². The first kappa shape index (κ1) is 15.9. The van der Waals surface area contributed by atoms with Crippen molar-refractivity contribution in [3.05, 3.63) is 59.7 Å².